The first-order valence-electron chi connectivity index (χ1n) is 6.53. The van der Waals surface area contributed by atoms with Gasteiger partial charge in [0.05, 0.1) is 11.1 Å². The summed E-state index contributed by atoms with van der Waals surface area (Å²) in [6.07, 6.45) is 0.0988. The van der Waals surface area contributed by atoms with Gasteiger partial charge < -0.3 is 5.73 Å². The van der Waals surface area contributed by atoms with E-state index in [-0.39, 0.29) is 29.0 Å². The van der Waals surface area contributed by atoms with Gasteiger partial charge in [-0.15, -0.1) is 0 Å². The quantitative estimate of drug-likeness (QED) is 0.500. The number of rotatable bonds is 3. The van der Waals surface area contributed by atoms with Crippen molar-refractivity contribution in [3.8, 4) is 0 Å². The normalized spacial score (nSPS) is 13.0. The number of anilines is 1. The molecule has 3 rings (SSSR count). The number of hydrogen-bond acceptors (Lipinski definition) is 4. The minimum Gasteiger partial charge on any atom is -0.398 e. The van der Waals surface area contributed by atoms with Gasteiger partial charge in [-0.25, -0.2) is 0 Å². The van der Waals surface area contributed by atoms with Crippen LogP contribution in [0.1, 0.15) is 36.6 Å². The second-order valence-electron chi connectivity index (χ2n) is 4.97. The fourth-order valence-corrected chi connectivity index (χ4v) is 2.97. The Balaban J connectivity index is 1.95. The molecule has 5 nitrogen and oxygen atoms in total. The Morgan fingerprint density at radius 3 is 2.59 bits per heavy atom. The molecule has 2 amide bonds. The van der Waals surface area contributed by atoms with E-state index < -0.39 is 11.8 Å². The fourth-order valence-electron chi connectivity index (χ4n) is 2.46. The van der Waals surface area contributed by atoms with Crippen molar-refractivity contribution in [2.75, 3.05) is 5.73 Å². The van der Waals surface area contributed by atoms with E-state index in [0.717, 1.165) is 0 Å². The zero-order valence-corrected chi connectivity index (χ0v) is 12.9. The summed E-state index contributed by atoms with van der Waals surface area (Å²) in [5.41, 5.74) is 7.60. The van der Waals surface area contributed by atoms with Gasteiger partial charge in [0.15, 0.2) is 5.78 Å². The van der Waals surface area contributed by atoms with Crippen LogP contribution in [0.5, 0.6) is 0 Å². The Morgan fingerprint density at radius 1 is 1.14 bits per heavy atom. The van der Waals surface area contributed by atoms with Gasteiger partial charge in [0.25, 0.3) is 11.8 Å². The molecule has 1 aliphatic rings. The van der Waals surface area contributed by atoms with Crippen LogP contribution in [0.2, 0.25) is 0 Å². The maximum absolute atomic E-state index is 12.4. The summed E-state index contributed by atoms with van der Waals surface area (Å²) in [5, 5.41) is 2.19. The second-order valence-corrected chi connectivity index (χ2v) is 5.82. The molecule has 1 aliphatic heterocycles. The van der Waals surface area contributed by atoms with Gasteiger partial charge in [-0.3, -0.25) is 19.7 Å². The molecule has 3 N–H and O–H groups in total. The molecule has 110 valence electrons. The summed E-state index contributed by atoms with van der Waals surface area (Å²) in [4.78, 5) is 35.7. The van der Waals surface area contributed by atoms with Crippen LogP contribution in [0.3, 0.4) is 0 Å². The molecule has 0 atom stereocenters. The first-order valence-corrected chi connectivity index (χ1v) is 7.32. The SMILES string of the molecule is Nc1cc(CC(=O)c2ccccc2Br)cc2c1C(=O)NC2=O. The molecule has 22 heavy (non-hydrogen) atoms. The predicted octanol–water partition coefficient (Wildman–Crippen LogP) is 2.34. The van der Waals surface area contributed by atoms with Crippen LogP contribution in [0.4, 0.5) is 5.69 Å². The number of carbonyl (C=O) groups excluding carboxylic acids is 3. The first-order chi connectivity index (χ1) is 10.5. The molecule has 0 saturated heterocycles. The highest BCUT2D eigenvalue weighted by molar-refractivity contribution is 9.10. The molecule has 2 aromatic carbocycles. The molecule has 0 bridgehead atoms. The molecule has 2 aromatic rings. The number of hydrogen-bond donors (Lipinski definition) is 2. The van der Waals surface area contributed by atoms with Gasteiger partial charge in [-0.05, 0) is 23.8 Å². The van der Waals surface area contributed by atoms with E-state index in [4.69, 9.17) is 5.73 Å². The van der Waals surface area contributed by atoms with E-state index in [2.05, 4.69) is 21.2 Å². The summed E-state index contributed by atoms with van der Waals surface area (Å²) >= 11 is 3.34. The van der Waals surface area contributed by atoms with Gasteiger partial charge in [0.2, 0.25) is 0 Å². The van der Waals surface area contributed by atoms with Gasteiger partial charge in [0, 0.05) is 22.1 Å². The number of carbonyl (C=O) groups is 3. The van der Waals surface area contributed by atoms with Crippen molar-refractivity contribution in [2.45, 2.75) is 6.42 Å². The van der Waals surface area contributed by atoms with Crippen molar-refractivity contribution in [3.05, 3.63) is 63.1 Å². The number of fused-ring (bicyclic) bond motifs is 1. The van der Waals surface area contributed by atoms with E-state index in [1.807, 2.05) is 6.07 Å². The molecule has 0 aromatic heterocycles. The van der Waals surface area contributed by atoms with Gasteiger partial charge in [0.1, 0.15) is 0 Å². The van der Waals surface area contributed by atoms with Crippen LogP contribution < -0.4 is 11.1 Å². The third-order valence-corrected chi connectivity index (χ3v) is 4.16. The van der Waals surface area contributed by atoms with E-state index >= 15 is 0 Å². The first kappa shape index (κ1) is 14.5. The van der Waals surface area contributed by atoms with Crippen molar-refractivity contribution in [1.29, 1.82) is 0 Å². The lowest BCUT2D eigenvalue weighted by Crippen LogP contribution is -2.20. The van der Waals surface area contributed by atoms with Crippen LogP contribution in [0.15, 0.2) is 40.9 Å². The lowest BCUT2D eigenvalue weighted by molar-refractivity contribution is 0.0878. The summed E-state index contributed by atoms with van der Waals surface area (Å²) in [7, 11) is 0. The maximum atomic E-state index is 12.4. The van der Waals surface area contributed by atoms with E-state index in [1.165, 1.54) is 0 Å². The summed E-state index contributed by atoms with van der Waals surface area (Å²) in [6, 6.07) is 10.2. The zero-order valence-electron chi connectivity index (χ0n) is 11.4. The Kier molecular flexibility index (Phi) is 3.54. The highest BCUT2D eigenvalue weighted by Gasteiger charge is 2.29. The number of imide groups is 1. The van der Waals surface area contributed by atoms with E-state index in [1.54, 1.807) is 30.3 Å². The highest BCUT2D eigenvalue weighted by Crippen LogP contribution is 2.26. The van der Waals surface area contributed by atoms with E-state index in [9.17, 15) is 14.4 Å². The molecule has 1 heterocycles. The van der Waals surface area contributed by atoms with Crippen LogP contribution in [-0.2, 0) is 6.42 Å². The molecular weight excluding hydrogens is 348 g/mol. The van der Waals surface area contributed by atoms with Gasteiger partial charge in [-0.1, -0.05) is 34.1 Å². The summed E-state index contributed by atoms with van der Waals surface area (Å²) in [6.45, 7) is 0. The number of Topliss-reactive ketones (excluding diaryl/α,β-unsaturated/α-hetero) is 1. The van der Waals surface area contributed by atoms with E-state index in [0.29, 0.717) is 15.6 Å². The van der Waals surface area contributed by atoms with Crippen molar-refractivity contribution in [3.63, 3.8) is 0 Å². The minimum atomic E-state index is -0.499. The zero-order chi connectivity index (χ0) is 15.9. The molecule has 0 radical (unpaired) electrons. The van der Waals surface area contributed by atoms with Crippen molar-refractivity contribution >= 4 is 39.2 Å². The molecule has 0 fully saturated rings. The Morgan fingerprint density at radius 2 is 1.86 bits per heavy atom. The van der Waals surface area contributed by atoms with Gasteiger partial charge >= 0.3 is 0 Å². The average Bonchev–Trinajstić information content (AvgIpc) is 2.74. The van der Waals surface area contributed by atoms with Crippen molar-refractivity contribution in [2.24, 2.45) is 0 Å². The predicted molar refractivity (Wildman–Crippen MR) is 84.8 cm³/mol. The molecular formula is C16H11BrN2O3. The largest absolute Gasteiger partial charge is 0.398 e. The Labute approximate surface area is 134 Å². The molecule has 0 spiro atoms. The second kappa shape index (κ2) is 5.38. The van der Waals surface area contributed by atoms with Gasteiger partial charge in [-0.2, -0.15) is 0 Å². The summed E-state index contributed by atoms with van der Waals surface area (Å²) < 4.78 is 0.710. The topological polar surface area (TPSA) is 89.3 Å². The number of nitrogen functional groups attached to an aromatic ring is 1. The number of halogens is 1. The van der Waals surface area contributed by atoms with Crippen LogP contribution in [0.25, 0.3) is 0 Å². The number of ketones is 1. The monoisotopic (exact) mass is 358 g/mol. The number of benzene rings is 2. The Bertz CT molecular complexity index is 830. The Hall–Kier alpha value is -2.47. The number of nitrogens with two attached hydrogens (primary N) is 1. The minimum absolute atomic E-state index is 0.0988. The maximum Gasteiger partial charge on any atom is 0.261 e. The smallest absolute Gasteiger partial charge is 0.261 e. The van der Waals surface area contributed by atoms with Crippen LogP contribution >= 0.6 is 15.9 Å². The molecule has 6 heteroatoms. The van der Waals surface area contributed by atoms with Crippen molar-refractivity contribution in [1.82, 2.24) is 5.32 Å². The lowest BCUT2D eigenvalue weighted by atomic mass is 9.98. The van der Waals surface area contributed by atoms with Crippen molar-refractivity contribution < 1.29 is 14.4 Å². The molecule has 0 unspecified atom stereocenters. The van der Waals surface area contributed by atoms with Crippen LogP contribution in [-0.4, -0.2) is 17.6 Å². The number of amides is 2. The highest BCUT2D eigenvalue weighted by atomic mass is 79.9. The third kappa shape index (κ3) is 2.42. The average molecular weight is 359 g/mol. The summed E-state index contributed by atoms with van der Waals surface area (Å²) in [5.74, 6) is -1.08. The third-order valence-electron chi connectivity index (χ3n) is 3.47. The molecule has 0 saturated carbocycles. The van der Waals surface area contributed by atoms with Crippen LogP contribution in [0, 0.1) is 0 Å². The standard InChI is InChI=1S/C16H11BrN2O3/c17-11-4-2-1-3-9(11)13(20)7-8-5-10-14(12(18)6-8)16(22)19-15(10)21/h1-6H,7,18H2,(H,19,21,22). The lowest BCUT2D eigenvalue weighted by Gasteiger charge is -2.07. The molecule has 0 aliphatic carbocycles. The number of nitrogens with one attached hydrogen (secondary N) is 1. The fraction of sp³-hybridized carbons (Fsp3) is 0.0625.